The maximum atomic E-state index is 14.9. The van der Waals surface area contributed by atoms with E-state index in [0.29, 0.717) is 93.4 Å². The van der Waals surface area contributed by atoms with Gasteiger partial charge < -0.3 is 29.7 Å². The Balaban J connectivity index is 0.730. The lowest BCUT2D eigenvalue weighted by Gasteiger charge is -2.47. The number of ether oxygens (including phenoxy) is 1. The van der Waals surface area contributed by atoms with Gasteiger partial charge in [0.25, 0.3) is 11.8 Å². The molecule has 2 N–H and O–H groups in total. The first kappa shape index (κ1) is 48.3. The van der Waals surface area contributed by atoms with Crippen molar-refractivity contribution >= 4 is 40.9 Å². The average molecular weight is 982 g/mol. The number of piperazine rings is 1. The second-order valence-electron chi connectivity index (χ2n) is 19.7. The number of aromatic nitrogens is 3. The van der Waals surface area contributed by atoms with Crippen LogP contribution in [0.2, 0.25) is 0 Å². The molecule has 17 nitrogen and oxygen atoms in total. The minimum atomic E-state index is -0.783. The zero-order valence-corrected chi connectivity index (χ0v) is 40.2. The van der Waals surface area contributed by atoms with E-state index in [-0.39, 0.29) is 36.1 Å². The molecule has 4 saturated heterocycles. The lowest BCUT2D eigenvalue weighted by Crippen LogP contribution is -2.62. The number of piperidine rings is 3. The van der Waals surface area contributed by atoms with Gasteiger partial charge in [0.1, 0.15) is 35.3 Å². The minimum absolute atomic E-state index is 0.0167. The Morgan fingerprint density at radius 2 is 1.68 bits per heavy atom. The van der Waals surface area contributed by atoms with Gasteiger partial charge in [-0.15, -0.1) is 0 Å². The molecule has 0 spiro atoms. The van der Waals surface area contributed by atoms with Crippen molar-refractivity contribution in [2.45, 2.75) is 70.0 Å². The third-order valence-electron chi connectivity index (χ3n) is 15.1. The molecule has 5 aromatic rings. The highest BCUT2D eigenvalue weighted by molar-refractivity contribution is 6.05. The van der Waals surface area contributed by atoms with Crippen LogP contribution >= 0.6 is 0 Å². The van der Waals surface area contributed by atoms with E-state index in [1.807, 2.05) is 42.2 Å². The summed E-state index contributed by atoms with van der Waals surface area (Å²) in [4.78, 5) is 80.0. The van der Waals surface area contributed by atoms with Crippen LogP contribution in [0.15, 0.2) is 73.2 Å². The van der Waals surface area contributed by atoms with Crippen LogP contribution in [0.3, 0.4) is 0 Å². The van der Waals surface area contributed by atoms with Crippen LogP contribution in [0.4, 0.5) is 14.6 Å². The van der Waals surface area contributed by atoms with Gasteiger partial charge in [0.15, 0.2) is 0 Å². The van der Waals surface area contributed by atoms with Crippen LogP contribution in [0, 0.1) is 28.9 Å². The number of rotatable bonds is 13. The van der Waals surface area contributed by atoms with Gasteiger partial charge in [-0.1, -0.05) is 12.1 Å². The van der Waals surface area contributed by atoms with Gasteiger partial charge in [0, 0.05) is 101 Å². The number of carbonyl (C=O) groups is 5. The van der Waals surface area contributed by atoms with E-state index in [0.717, 1.165) is 91.8 Å². The van der Waals surface area contributed by atoms with Crippen molar-refractivity contribution < 1.29 is 37.5 Å². The highest BCUT2D eigenvalue weighted by atomic mass is 19.1. The van der Waals surface area contributed by atoms with Crippen molar-refractivity contribution in [3.63, 3.8) is 0 Å². The number of amides is 5. The Labute approximate surface area is 415 Å². The van der Waals surface area contributed by atoms with E-state index >= 15 is 0 Å². The van der Waals surface area contributed by atoms with Crippen LogP contribution in [-0.2, 0) is 27.3 Å². The number of nitrogens with zero attached hydrogens (tertiary/aromatic N) is 9. The molecule has 5 aliphatic rings. The third-order valence-corrected chi connectivity index (χ3v) is 15.1. The van der Waals surface area contributed by atoms with E-state index in [9.17, 15) is 38.0 Å². The van der Waals surface area contributed by atoms with E-state index in [2.05, 4.69) is 36.5 Å². The number of anilines is 1. The second kappa shape index (κ2) is 20.4. The summed E-state index contributed by atoms with van der Waals surface area (Å²) >= 11 is 0. The summed E-state index contributed by atoms with van der Waals surface area (Å²) in [6.45, 7) is 9.75. The first-order chi connectivity index (χ1) is 34.8. The largest absolute Gasteiger partial charge is 0.492 e. The van der Waals surface area contributed by atoms with Crippen molar-refractivity contribution in [3.8, 4) is 22.9 Å². The summed E-state index contributed by atoms with van der Waals surface area (Å²) in [7, 11) is 0. The van der Waals surface area contributed by atoms with Crippen molar-refractivity contribution in [1.29, 1.82) is 5.26 Å². The predicted molar refractivity (Wildman–Crippen MR) is 261 cm³/mol. The Hall–Kier alpha value is -7.30. The lowest BCUT2D eigenvalue weighted by molar-refractivity contribution is -0.137. The Morgan fingerprint density at radius 1 is 0.903 bits per heavy atom. The maximum absolute atomic E-state index is 14.9. The Bertz CT molecular complexity index is 2950. The molecular weight excluding hydrogens is 925 g/mol. The van der Waals surface area contributed by atoms with Gasteiger partial charge in [0.05, 0.1) is 47.6 Å². The fourth-order valence-electron chi connectivity index (χ4n) is 11.1. The van der Waals surface area contributed by atoms with Crippen LogP contribution in [-0.4, -0.2) is 147 Å². The summed E-state index contributed by atoms with van der Waals surface area (Å²) in [6.07, 6.45) is 8.57. The number of nitriles is 1. The molecule has 19 heteroatoms. The molecule has 0 aliphatic carbocycles. The molecule has 374 valence electrons. The first-order valence-electron chi connectivity index (χ1n) is 24.9. The van der Waals surface area contributed by atoms with Crippen LogP contribution in [0.1, 0.15) is 82.9 Å². The van der Waals surface area contributed by atoms with E-state index in [4.69, 9.17) is 9.72 Å². The molecule has 5 aliphatic heterocycles. The molecule has 0 bridgehead atoms. The van der Waals surface area contributed by atoms with E-state index < -0.39 is 35.0 Å². The lowest BCUT2D eigenvalue weighted by atomic mass is 9.85. The number of imide groups is 1. The number of likely N-dealkylation sites (tertiary alicyclic amines) is 1. The number of hydrogen-bond acceptors (Lipinski definition) is 12. The van der Waals surface area contributed by atoms with Gasteiger partial charge >= 0.3 is 0 Å². The van der Waals surface area contributed by atoms with E-state index in [1.54, 1.807) is 23.0 Å². The van der Waals surface area contributed by atoms with Gasteiger partial charge in [-0.2, -0.15) is 10.4 Å². The molecule has 3 aromatic heterocycles. The quantitative estimate of drug-likeness (QED) is 0.157. The van der Waals surface area contributed by atoms with Crippen molar-refractivity contribution in [3.05, 3.63) is 113 Å². The summed E-state index contributed by atoms with van der Waals surface area (Å²) in [6, 6.07) is 15.8. The van der Waals surface area contributed by atoms with Gasteiger partial charge in [0.2, 0.25) is 17.7 Å². The topological polar surface area (TPSA) is 189 Å². The number of benzene rings is 2. The molecule has 5 amide bonds. The number of halogens is 2. The summed E-state index contributed by atoms with van der Waals surface area (Å²) in [5.41, 5.74) is 3.67. The number of fused-ring (bicyclic) bond motifs is 2. The number of nitrogens with one attached hydrogen (secondary N) is 2. The first-order valence-corrected chi connectivity index (χ1v) is 24.9. The zero-order chi connectivity index (χ0) is 50.1. The summed E-state index contributed by atoms with van der Waals surface area (Å²) < 4.78 is 36.7. The SMILES string of the molecule is CCOc1cc(-c2ccc(N3CCC(CN4CCN(CC5CCN(C(=O)Cc6ccc7c(c6)C(=O)N(C6CCC(=O)NC6=O)C7)CC5)CC4)(NC(=O)c4cc(F)ccc4F)CC3)nc2)c2c(C#N)cnn2c1. The standard InChI is InChI=1S/C53H57F2N11O6/c1-2-72-40-26-41(49-38(27-56)29-58-66(49)32-40)36-5-9-46(57-28-36)63-17-13-53(14-18-63,60-50(69)43-25-39(54)6-7-44(43)55)33-62-21-19-61(20-22-62)30-34-11-15-64(16-12-34)48(68)24-35-3-4-37-31-65(52(71)42(37)23-35)45-8-10-47(67)59-51(45)70/h3-7,9,23,25-26,28-29,32,34,45H,2,8,10-22,24,30-31,33H2,1H3,(H,60,69)(H,59,67,70). The van der Waals surface area contributed by atoms with Gasteiger partial charge in [-0.3, -0.25) is 34.2 Å². The number of pyridine rings is 2. The van der Waals surface area contributed by atoms with Gasteiger partial charge in [-0.25, -0.2) is 18.3 Å². The number of hydrogen-bond donors (Lipinski definition) is 2. The minimum Gasteiger partial charge on any atom is -0.492 e. The molecule has 1 atom stereocenters. The van der Waals surface area contributed by atoms with Crippen molar-refractivity contribution in [1.82, 2.24) is 44.8 Å². The molecule has 0 radical (unpaired) electrons. The Morgan fingerprint density at radius 3 is 2.40 bits per heavy atom. The molecule has 10 rings (SSSR count). The monoisotopic (exact) mass is 981 g/mol. The molecular formula is C53H57F2N11O6. The predicted octanol–water partition coefficient (Wildman–Crippen LogP) is 4.57. The van der Waals surface area contributed by atoms with Crippen molar-refractivity contribution in [2.24, 2.45) is 5.92 Å². The Kier molecular flexibility index (Phi) is 13.7. The molecule has 0 saturated carbocycles. The average Bonchev–Trinajstić information content (AvgIpc) is 3.95. The normalized spacial score (nSPS) is 19.8. The highest BCUT2D eigenvalue weighted by Gasteiger charge is 2.41. The highest BCUT2D eigenvalue weighted by Crippen LogP contribution is 2.34. The number of carbonyl (C=O) groups excluding carboxylic acids is 5. The fourth-order valence-corrected chi connectivity index (χ4v) is 11.1. The zero-order valence-electron chi connectivity index (χ0n) is 40.2. The van der Waals surface area contributed by atoms with Crippen molar-refractivity contribution in [2.75, 3.05) is 77.0 Å². The smallest absolute Gasteiger partial charge is 0.255 e. The third kappa shape index (κ3) is 10.1. The maximum Gasteiger partial charge on any atom is 0.255 e. The van der Waals surface area contributed by atoms with Crippen LogP contribution < -0.4 is 20.3 Å². The molecule has 4 fully saturated rings. The van der Waals surface area contributed by atoms with E-state index in [1.165, 1.54) is 11.1 Å². The van der Waals surface area contributed by atoms with Gasteiger partial charge in [-0.05, 0) is 98.5 Å². The molecule has 1 unspecified atom stereocenters. The summed E-state index contributed by atoms with van der Waals surface area (Å²) in [5, 5.41) is 19.7. The molecule has 8 heterocycles. The summed E-state index contributed by atoms with van der Waals surface area (Å²) in [5.74, 6) is -1.34. The van der Waals surface area contributed by atoms with Crippen LogP contribution in [0.25, 0.3) is 16.6 Å². The molecule has 2 aromatic carbocycles. The second-order valence-corrected chi connectivity index (χ2v) is 19.7. The molecule has 72 heavy (non-hydrogen) atoms. The fraction of sp³-hybridized carbons (Fsp3) is 0.434. The van der Waals surface area contributed by atoms with Crippen LogP contribution in [0.5, 0.6) is 5.75 Å².